The first-order chi connectivity index (χ1) is 10.5. The summed E-state index contributed by atoms with van der Waals surface area (Å²) in [5, 5.41) is 0. The predicted molar refractivity (Wildman–Crippen MR) is 95.1 cm³/mol. The van der Waals surface area contributed by atoms with Gasteiger partial charge in [-0.3, -0.25) is 0 Å². The maximum atomic E-state index is 6.16. The average molecular weight is 311 g/mol. The van der Waals surface area contributed by atoms with E-state index in [-0.39, 0.29) is 11.2 Å². The fourth-order valence-corrected chi connectivity index (χ4v) is 3.10. The van der Waals surface area contributed by atoms with E-state index in [4.69, 9.17) is 9.47 Å². The Morgan fingerprint density at radius 2 is 1.41 bits per heavy atom. The van der Waals surface area contributed by atoms with Gasteiger partial charge in [0.05, 0.1) is 13.2 Å². The van der Waals surface area contributed by atoms with E-state index in [1.165, 1.54) is 51.4 Å². The number of ether oxygens (including phenoxy) is 2. The molecule has 1 aliphatic heterocycles. The SMILES string of the molecule is C=CCCCCCCCCCC1(CCC)OCC(C)(C)CO1. The van der Waals surface area contributed by atoms with Gasteiger partial charge < -0.3 is 9.47 Å². The van der Waals surface area contributed by atoms with Gasteiger partial charge in [0.2, 0.25) is 0 Å². The molecule has 1 fully saturated rings. The summed E-state index contributed by atoms with van der Waals surface area (Å²) in [4.78, 5) is 0. The quantitative estimate of drug-likeness (QED) is 0.313. The molecule has 0 aromatic rings. The van der Waals surface area contributed by atoms with Crippen LogP contribution in [0.15, 0.2) is 12.7 Å². The van der Waals surface area contributed by atoms with Crippen molar-refractivity contribution >= 4 is 0 Å². The van der Waals surface area contributed by atoms with Crippen molar-refractivity contribution in [3.8, 4) is 0 Å². The van der Waals surface area contributed by atoms with Crippen molar-refractivity contribution in [2.24, 2.45) is 5.41 Å². The van der Waals surface area contributed by atoms with E-state index in [1.807, 2.05) is 6.08 Å². The minimum absolute atomic E-state index is 0.169. The van der Waals surface area contributed by atoms with Crippen molar-refractivity contribution < 1.29 is 9.47 Å². The lowest BCUT2D eigenvalue weighted by atomic mass is 9.92. The van der Waals surface area contributed by atoms with Crippen LogP contribution in [0.3, 0.4) is 0 Å². The van der Waals surface area contributed by atoms with E-state index in [1.54, 1.807) is 0 Å². The smallest absolute Gasteiger partial charge is 0.168 e. The summed E-state index contributed by atoms with van der Waals surface area (Å²) < 4.78 is 12.3. The van der Waals surface area contributed by atoms with Gasteiger partial charge in [0.1, 0.15) is 0 Å². The molecule has 0 bridgehead atoms. The van der Waals surface area contributed by atoms with Gasteiger partial charge in [-0.1, -0.05) is 65.4 Å². The summed E-state index contributed by atoms with van der Waals surface area (Å²) in [6.07, 6.45) is 15.7. The highest BCUT2D eigenvalue weighted by Crippen LogP contribution is 2.35. The van der Waals surface area contributed by atoms with Crippen molar-refractivity contribution in [2.75, 3.05) is 13.2 Å². The maximum absolute atomic E-state index is 6.16. The molecule has 0 N–H and O–H groups in total. The summed E-state index contributed by atoms with van der Waals surface area (Å²) in [6.45, 7) is 12.1. The summed E-state index contributed by atoms with van der Waals surface area (Å²) in [5.74, 6) is -0.284. The van der Waals surface area contributed by atoms with E-state index >= 15 is 0 Å². The molecule has 1 heterocycles. The molecule has 0 saturated carbocycles. The lowest BCUT2D eigenvalue weighted by molar-refractivity contribution is -0.305. The van der Waals surface area contributed by atoms with Gasteiger partial charge in [0.25, 0.3) is 0 Å². The van der Waals surface area contributed by atoms with Crippen molar-refractivity contribution in [1.82, 2.24) is 0 Å². The van der Waals surface area contributed by atoms with Crippen LogP contribution in [0.5, 0.6) is 0 Å². The van der Waals surface area contributed by atoms with Crippen molar-refractivity contribution in [3.63, 3.8) is 0 Å². The summed E-state index contributed by atoms with van der Waals surface area (Å²) in [5.41, 5.74) is 0.169. The largest absolute Gasteiger partial charge is 0.349 e. The van der Waals surface area contributed by atoms with Crippen LogP contribution in [-0.2, 0) is 9.47 Å². The number of rotatable bonds is 12. The molecular weight excluding hydrogens is 272 g/mol. The molecule has 0 aliphatic carbocycles. The molecular formula is C20H38O2. The Balaban J connectivity index is 2.13. The molecule has 22 heavy (non-hydrogen) atoms. The van der Waals surface area contributed by atoms with Crippen LogP contribution >= 0.6 is 0 Å². The Labute approximate surface area is 138 Å². The van der Waals surface area contributed by atoms with Gasteiger partial charge in [-0.05, 0) is 19.3 Å². The van der Waals surface area contributed by atoms with Crippen LogP contribution in [0.2, 0.25) is 0 Å². The lowest BCUT2D eigenvalue weighted by Crippen LogP contribution is -2.47. The Bertz CT molecular complexity index is 286. The molecule has 0 aromatic carbocycles. The molecule has 0 radical (unpaired) electrons. The van der Waals surface area contributed by atoms with E-state index in [0.29, 0.717) is 0 Å². The highest BCUT2D eigenvalue weighted by molar-refractivity contribution is 4.80. The van der Waals surface area contributed by atoms with E-state index in [9.17, 15) is 0 Å². The number of allylic oxidation sites excluding steroid dienone is 1. The predicted octanol–water partition coefficient (Wildman–Crippen LogP) is 6.25. The molecule has 0 spiro atoms. The van der Waals surface area contributed by atoms with Gasteiger partial charge in [-0.25, -0.2) is 0 Å². The normalized spacial score (nSPS) is 20.0. The van der Waals surface area contributed by atoms with Crippen LogP contribution in [0.25, 0.3) is 0 Å². The van der Waals surface area contributed by atoms with Crippen molar-refractivity contribution in [1.29, 1.82) is 0 Å². The molecule has 0 atom stereocenters. The summed E-state index contributed by atoms with van der Waals surface area (Å²) in [6, 6.07) is 0. The van der Waals surface area contributed by atoms with Crippen molar-refractivity contribution in [2.45, 2.75) is 97.2 Å². The van der Waals surface area contributed by atoms with Crippen LogP contribution in [-0.4, -0.2) is 19.0 Å². The van der Waals surface area contributed by atoms with Crippen LogP contribution in [0.4, 0.5) is 0 Å². The Morgan fingerprint density at radius 1 is 0.864 bits per heavy atom. The zero-order chi connectivity index (χ0) is 16.3. The molecule has 1 aliphatic rings. The molecule has 1 rings (SSSR count). The van der Waals surface area contributed by atoms with Crippen molar-refractivity contribution in [3.05, 3.63) is 12.7 Å². The fraction of sp³-hybridized carbons (Fsp3) is 0.900. The molecule has 1 saturated heterocycles. The Kier molecular flexibility index (Phi) is 9.35. The molecule has 0 unspecified atom stereocenters. The summed E-state index contributed by atoms with van der Waals surface area (Å²) in [7, 11) is 0. The minimum atomic E-state index is -0.284. The van der Waals surface area contributed by atoms with E-state index in [0.717, 1.165) is 32.5 Å². The van der Waals surface area contributed by atoms with E-state index in [2.05, 4.69) is 27.4 Å². The third kappa shape index (κ3) is 7.78. The first-order valence-electron chi connectivity index (χ1n) is 9.42. The molecule has 2 nitrogen and oxygen atoms in total. The molecule has 2 heteroatoms. The van der Waals surface area contributed by atoms with Gasteiger partial charge >= 0.3 is 0 Å². The first kappa shape index (κ1) is 19.7. The lowest BCUT2D eigenvalue weighted by Gasteiger charge is -2.43. The first-order valence-corrected chi connectivity index (χ1v) is 9.42. The van der Waals surface area contributed by atoms with E-state index < -0.39 is 0 Å². The summed E-state index contributed by atoms with van der Waals surface area (Å²) >= 11 is 0. The van der Waals surface area contributed by atoms with Crippen LogP contribution in [0.1, 0.15) is 91.4 Å². The zero-order valence-electron chi connectivity index (χ0n) is 15.3. The second-order valence-electron chi connectivity index (χ2n) is 7.70. The Hall–Kier alpha value is -0.340. The number of hydrogen-bond acceptors (Lipinski definition) is 2. The fourth-order valence-electron chi connectivity index (χ4n) is 3.10. The monoisotopic (exact) mass is 310 g/mol. The molecule has 130 valence electrons. The third-order valence-electron chi connectivity index (χ3n) is 4.55. The van der Waals surface area contributed by atoms with Gasteiger partial charge in [0, 0.05) is 18.3 Å². The van der Waals surface area contributed by atoms with Gasteiger partial charge in [-0.2, -0.15) is 0 Å². The van der Waals surface area contributed by atoms with Gasteiger partial charge in [0.15, 0.2) is 5.79 Å². The average Bonchev–Trinajstić information content (AvgIpc) is 2.49. The number of unbranched alkanes of at least 4 members (excludes halogenated alkanes) is 7. The Morgan fingerprint density at radius 3 is 1.95 bits per heavy atom. The van der Waals surface area contributed by atoms with Gasteiger partial charge in [-0.15, -0.1) is 6.58 Å². The standard InChI is InChI=1S/C20H38O2/c1-5-7-8-9-10-11-12-13-14-16-20(15-6-2)21-17-19(3,4)18-22-20/h5H,1,6-18H2,2-4H3. The maximum Gasteiger partial charge on any atom is 0.168 e. The second kappa shape index (κ2) is 10.4. The molecule has 0 amide bonds. The number of hydrogen-bond donors (Lipinski definition) is 0. The third-order valence-corrected chi connectivity index (χ3v) is 4.55. The minimum Gasteiger partial charge on any atom is -0.349 e. The zero-order valence-corrected chi connectivity index (χ0v) is 15.3. The highest BCUT2D eigenvalue weighted by Gasteiger charge is 2.39. The van der Waals surface area contributed by atoms with Crippen LogP contribution in [0, 0.1) is 5.41 Å². The highest BCUT2D eigenvalue weighted by atomic mass is 16.7. The van der Waals surface area contributed by atoms with Crippen LogP contribution < -0.4 is 0 Å². The molecule has 0 aromatic heterocycles. The topological polar surface area (TPSA) is 18.5 Å². The second-order valence-corrected chi connectivity index (χ2v) is 7.70.